The zero-order valence-electron chi connectivity index (χ0n) is 12.3. The predicted molar refractivity (Wildman–Crippen MR) is 79.0 cm³/mol. The molecule has 1 aromatic rings. The second kappa shape index (κ2) is 8.40. The largest absolute Gasteiger partial charge is 0.493 e. The topological polar surface area (TPSA) is 117 Å². The van der Waals surface area contributed by atoms with E-state index in [-0.39, 0.29) is 5.56 Å². The fourth-order valence-electron chi connectivity index (χ4n) is 1.52. The average Bonchev–Trinajstić information content (AvgIpc) is 2.48. The standard InChI is InChI=1S/C14H17N3O5/c1-3-15-12(18)13(19)17-16-8-10-7-9(14(20)21)5-6-11(10)22-4-2/h5-8H,3-4H2,1-2H3,(H,15,18)(H,17,19)(H,20,21)/b16-8-. The molecule has 0 bridgehead atoms. The third-order valence-corrected chi connectivity index (χ3v) is 2.47. The first-order valence-corrected chi connectivity index (χ1v) is 6.61. The van der Waals surface area contributed by atoms with Crippen molar-refractivity contribution in [2.75, 3.05) is 13.2 Å². The summed E-state index contributed by atoms with van der Waals surface area (Å²) in [5.41, 5.74) is 2.48. The summed E-state index contributed by atoms with van der Waals surface area (Å²) in [4.78, 5) is 33.5. The summed E-state index contributed by atoms with van der Waals surface area (Å²) in [7, 11) is 0. The van der Waals surface area contributed by atoms with Crippen LogP contribution in [0.4, 0.5) is 0 Å². The number of rotatable bonds is 6. The summed E-state index contributed by atoms with van der Waals surface area (Å²) in [6.45, 7) is 4.17. The van der Waals surface area contributed by atoms with Crippen molar-refractivity contribution in [2.45, 2.75) is 13.8 Å². The second-order valence-corrected chi connectivity index (χ2v) is 4.05. The van der Waals surface area contributed by atoms with Gasteiger partial charge in [-0.05, 0) is 32.0 Å². The van der Waals surface area contributed by atoms with Gasteiger partial charge in [0.2, 0.25) is 0 Å². The Morgan fingerprint density at radius 1 is 1.27 bits per heavy atom. The second-order valence-electron chi connectivity index (χ2n) is 4.05. The smallest absolute Gasteiger partial charge is 0.335 e. The number of carbonyl (C=O) groups excluding carboxylic acids is 2. The van der Waals surface area contributed by atoms with Crippen LogP contribution in [0.1, 0.15) is 29.8 Å². The van der Waals surface area contributed by atoms with Gasteiger partial charge in [-0.15, -0.1) is 0 Å². The van der Waals surface area contributed by atoms with Crippen LogP contribution in [0.25, 0.3) is 0 Å². The highest BCUT2D eigenvalue weighted by molar-refractivity contribution is 6.35. The Balaban J connectivity index is 2.87. The van der Waals surface area contributed by atoms with Crippen LogP contribution in [0.2, 0.25) is 0 Å². The Hall–Kier alpha value is -2.90. The van der Waals surface area contributed by atoms with Crippen LogP contribution < -0.4 is 15.5 Å². The summed E-state index contributed by atoms with van der Waals surface area (Å²) in [6, 6.07) is 4.26. The highest BCUT2D eigenvalue weighted by Crippen LogP contribution is 2.18. The van der Waals surface area contributed by atoms with Crippen molar-refractivity contribution >= 4 is 24.0 Å². The number of hydrogen-bond acceptors (Lipinski definition) is 5. The molecule has 0 aliphatic rings. The van der Waals surface area contributed by atoms with Crippen molar-refractivity contribution in [2.24, 2.45) is 5.10 Å². The van der Waals surface area contributed by atoms with Gasteiger partial charge < -0.3 is 15.2 Å². The van der Waals surface area contributed by atoms with Crippen LogP contribution in [0.3, 0.4) is 0 Å². The Morgan fingerprint density at radius 2 is 2.00 bits per heavy atom. The number of amides is 2. The summed E-state index contributed by atoms with van der Waals surface area (Å²) in [6.07, 6.45) is 1.22. The molecule has 0 aliphatic heterocycles. The lowest BCUT2D eigenvalue weighted by Crippen LogP contribution is -2.37. The normalized spacial score (nSPS) is 10.3. The van der Waals surface area contributed by atoms with Gasteiger partial charge in [-0.1, -0.05) is 0 Å². The van der Waals surface area contributed by atoms with Crippen molar-refractivity contribution in [3.8, 4) is 5.75 Å². The maximum atomic E-state index is 11.3. The lowest BCUT2D eigenvalue weighted by atomic mass is 10.1. The lowest BCUT2D eigenvalue weighted by Gasteiger charge is -2.07. The van der Waals surface area contributed by atoms with E-state index >= 15 is 0 Å². The van der Waals surface area contributed by atoms with Crippen molar-refractivity contribution in [3.05, 3.63) is 29.3 Å². The number of carbonyl (C=O) groups is 3. The summed E-state index contributed by atoms with van der Waals surface area (Å²) < 4.78 is 5.34. The molecule has 0 saturated heterocycles. The van der Waals surface area contributed by atoms with E-state index in [1.165, 1.54) is 24.4 Å². The fraction of sp³-hybridized carbons (Fsp3) is 0.286. The molecule has 0 saturated carbocycles. The quantitative estimate of drug-likeness (QED) is 0.399. The van der Waals surface area contributed by atoms with E-state index in [1.54, 1.807) is 13.8 Å². The molecule has 0 fully saturated rings. The lowest BCUT2D eigenvalue weighted by molar-refractivity contribution is -0.139. The Kier molecular flexibility index (Phi) is 6.55. The summed E-state index contributed by atoms with van der Waals surface area (Å²) in [5.74, 6) is -2.39. The minimum Gasteiger partial charge on any atom is -0.493 e. The molecular formula is C14H17N3O5. The van der Waals surface area contributed by atoms with Crippen molar-refractivity contribution in [1.82, 2.24) is 10.7 Å². The number of benzene rings is 1. The van der Waals surface area contributed by atoms with Crippen LogP contribution in [0.5, 0.6) is 5.75 Å². The molecule has 1 aromatic carbocycles. The average molecular weight is 307 g/mol. The maximum Gasteiger partial charge on any atom is 0.335 e. The van der Waals surface area contributed by atoms with E-state index in [0.717, 1.165) is 0 Å². The maximum absolute atomic E-state index is 11.3. The molecule has 118 valence electrons. The van der Waals surface area contributed by atoms with Crippen LogP contribution >= 0.6 is 0 Å². The number of carboxylic acids is 1. The van der Waals surface area contributed by atoms with Gasteiger partial charge in [0, 0.05) is 12.1 Å². The van der Waals surface area contributed by atoms with Crippen molar-refractivity contribution in [3.63, 3.8) is 0 Å². The van der Waals surface area contributed by atoms with E-state index in [1.807, 2.05) is 5.43 Å². The van der Waals surface area contributed by atoms with Gasteiger partial charge in [0.1, 0.15) is 5.75 Å². The minimum absolute atomic E-state index is 0.0555. The van der Waals surface area contributed by atoms with Crippen LogP contribution in [0, 0.1) is 0 Å². The zero-order chi connectivity index (χ0) is 16.5. The number of ether oxygens (including phenoxy) is 1. The molecule has 1 rings (SSSR count). The molecular weight excluding hydrogens is 290 g/mol. The van der Waals surface area contributed by atoms with Crippen LogP contribution in [0.15, 0.2) is 23.3 Å². The fourth-order valence-corrected chi connectivity index (χ4v) is 1.52. The Bertz CT molecular complexity index is 598. The molecule has 2 amide bonds. The third kappa shape index (κ3) is 4.89. The molecule has 0 unspecified atom stereocenters. The van der Waals surface area contributed by atoms with Gasteiger partial charge in [0.15, 0.2) is 0 Å². The van der Waals surface area contributed by atoms with Gasteiger partial charge in [-0.3, -0.25) is 9.59 Å². The highest BCUT2D eigenvalue weighted by atomic mass is 16.5. The van der Waals surface area contributed by atoms with Gasteiger partial charge in [0.25, 0.3) is 0 Å². The van der Waals surface area contributed by atoms with Gasteiger partial charge in [0.05, 0.1) is 18.4 Å². The molecule has 0 spiro atoms. The number of nitrogens with one attached hydrogen (secondary N) is 2. The predicted octanol–water partition coefficient (Wildman–Crippen LogP) is 0.370. The van der Waals surface area contributed by atoms with E-state index in [2.05, 4.69) is 10.4 Å². The van der Waals surface area contributed by atoms with Crippen LogP contribution in [-0.2, 0) is 9.59 Å². The van der Waals surface area contributed by atoms with Crippen molar-refractivity contribution < 1.29 is 24.2 Å². The van der Waals surface area contributed by atoms with Crippen LogP contribution in [-0.4, -0.2) is 42.3 Å². The van der Waals surface area contributed by atoms with E-state index in [0.29, 0.717) is 24.5 Å². The molecule has 0 radical (unpaired) electrons. The summed E-state index contributed by atoms with van der Waals surface area (Å²) >= 11 is 0. The van der Waals surface area contributed by atoms with Crippen molar-refractivity contribution in [1.29, 1.82) is 0 Å². The molecule has 3 N–H and O–H groups in total. The SMILES string of the molecule is CCNC(=O)C(=O)N/N=C\c1cc(C(=O)O)ccc1OCC. The first-order valence-electron chi connectivity index (χ1n) is 6.61. The first kappa shape index (κ1) is 17.2. The summed E-state index contributed by atoms with van der Waals surface area (Å²) in [5, 5.41) is 14.9. The van der Waals surface area contributed by atoms with E-state index in [9.17, 15) is 14.4 Å². The monoisotopic (exact) mass is 307 g/mol. The van der Waals surface area contributed by atoms with Gasteiger partial charge in [-0.25, -0.2) is 10.2 Å². The molecule has 8 nitrogen and oxygen atoms in total. The number of nitrogens with zero attached hydrogens (tertiary/aromatic N) is 1. The molecule has 0 aromatic heterocycles. The minimum atomic E-state index is -1.09. The van der Waals surface area contributed by atoms with E-state index < -0.39 is 17.8 Å². The zero-order valence-corrected chi connectivity index (χ0v) is 12.3. The van der Waals surface area contributed by atoms with Gasteiger partial charge in [-0.2, -0.15) is 5.10 Å². The number of hydrogen-bond donors (Lipinski definition) is 3. The highest BCUT2D eigenvalue weighted by Gasteiger charge is 2.11. The van der Waals surface area contributed by atoms with Gasteiger partial charge >= 0.3 is 17.8 Å². The third-order valence-electron chi connectivity index (χ3n) is 2.47. The molecule has 22 heavy (non-hydrogen) atoms. The molecule has 0 atom stereocenters. The Labute approximate surface area is 127 Å². The number of carboxylic acid groups (broad SMARTS) is 1. The Morgan fingerprint density at radius 3 is 2.59 bits per heavy atom. The number of aromatic carboxylic acids is 1. The molecule has 8 heteroatoms. The van der Waals surface area contributed by atoms with E-state index in [4.69, 9.17) is 9.84 Å². The number of hydrazone groups is 1. The number of likely N-dealkylation sites (N-methyl/N-ethyl adjacent to an activating group) is 1. The molecule has 0 heterocycles. The first-order chi connectivity index (χ1) is 10.5. The molecule has 0 aliphatic carbocycles.